The fraction of sp³-hybridized carbons (Fsp3) is 0.292. The van der Waals surface area contributed by atoms with Crippen molar-refractivity contribution < 1.29 is 4.79 Å². The number of carbonyl (C=O) groups is 1. The fourth-order valence-corrected chi connectivity index (χ4v) is 5.21. The molecule has 0 aliphatic carbocycles. The molecule has 1 saturated heterocycles. The number of imidazole rings is 1. The predicted molar refractivity (Wildman–Crippen MR) is 126 cm³/mol. The Morgan fingerprint density at radius 1 is 1.12 bits per heavy atom. The van der Waals surface area contributed by atoms with E-state index in [1.165, 1.54) is 0 Å². The summed E-state index contributed by atoms with van der Waals surface area (Å²) in [6.07, 6.45) is 3.44. The zero-order valence-corrected chi connectivity index (χ0v) is 18.4. The minimum absolute atomic E-state index is 0.0169. The molecule has 8 heteroatoms. The molecule has 0 bridgehead atoms. The molecule has 0 spiro atoms. The number of H-pyrrole nitrogens is 1. The van der Waals surface area contributed by atoms with E-state index in [4.69, 9.17) is 0 Å². The lowest BCUT2D eigenvalue weighted by Gasteiger charge is -2.32. The molecule has 1 aliphatic rings. The average Bonchev–Trinajstić information content (AvgIpc) is 3.46. The Morgan fingerprint density at radius 2 is 1.88 bits per heavy atom. The van der Waals surface area contributed by atoms with Crippen molar-refractivity contribution in [1.82, 2.24) is 24.8 Å². The molecule has 7 nitrogen and oxygen atoms in total. The van der Waals surface area contributed by atoms with Gasteiger partial charge in [-0.3, -0.25) is 14.3 Å². The first-order valence-electron chi connectivity index (χ1n) is 10.8. The Bertz CT molecular complexity index is 1240. The number of carbonyl (C=O) groups excluding carboxylic acids is 1. The van der Waals surface area contributed by atoms with Gasteiger partial charge < -0.3 is 10.3 Å². The van der Waals surface area contributed by atoms with Crippen molar-refractivity contribution in [1.29, 1.82) is 0 Å². The third-order valence-electron chi connectivity index (χ3n) is 6.05. The average molecular weight is 448 g/mol. The van der Waals surface area contributed by atoms with Crippen molar-refractivity contribution >= 4 is 28.3 Å². The number of aromatic amines is 1. The Kier molecular flexibility index (Phi) is 5.87. The summed E-state index contributed by atoms with van der Waals surface area (Å²) in [5.74, 6) is -0.0169. The second-order valence-corrected chi connectivity index (χ2v) is 9.03. The van der Waals surface area contributed by atoms with Gasteiger partial charge in [0.2, 0.25) is 5.91 Å². The van der Waals surface area contributed by atoms with E-state index in [0.29, 0.717) is 6.54 Å². The number of hydrogen-bond donors (Lipinski definition) is 2. The van der Waals surface area contributed by atoms with Crippen molar-refractivity contribution in [2.45, 2.75) is 24.9 Å². The van der Waals surface area contributed by atoms with Crippen molar-refractivity contribution in [2.24, 2.45) is 0 Å². The molecule has 1 amide bonds. The van der Waals surface area contributed by atoms with Crippen molar-refractivity contribution in [2.75, 3.05) is 19.6 Å². The first-order valence-corrected chi connectivity index (χ1v) is 11.7. The third-order valence-corrected chi connectivity index (χ3v) is 6.89. The van der Waals surface area contributed by atoms with Gasteiger partial charge in [-0.25, -0.2) is 9.78 Å². The molecule has 0 radical (unpaired) electrons. The molecule has 1 aliphatic heterocycles. The van der Waals surface area contributed by atoms with E-state index in [1.807, 2.05) is 64.5 Å². The number of piperidine rings is 1. The van der Waals surface area contributed by atoms with Crippen LogP contribution in [0.1, 0.15) is 35.5 Å². The Morgan fingerprint density at radius 3 is 2.62 bits per heavy atom. The van der Waals surface area contributed by atoms with Gasteiger partial charge in [-0.2, -0.15) is 0 Å². The number of para-hydroxylation sites is 2. The highest BCUT2D eigenvalue weighted by atomic mass is 32.1. The van der Waals surface area contributed by atoms with Crippen LogP contribution in [0.2, 0.25) is 0 Å². The summed E-state index contributed by atoms with van der Waals surface area (Å²) in [4.78, 5) is 34.9. The highest BCUT2D eigenvalue weighted by molar-refractivity contribution is 7.09. The van der Waals surface area contributed by atoms with Crippen LogP contribution in [0, 0.1) is 0 Å². The van der Waals surface area contributed by atoms with Crippen LogP contribution in [0.3, 0.4) is 0 Å². The second-order valence-electron chi connectivity index (χ2n) is 8.11. The number of nitrogens with one attached hydrogen (secondary N) is 2. The number of nitrogens with zero attached hydrogens (tertiary/aromatic N) is 3. The lowest BCUT2D eigenvalue weighted by Crippen LogP contribution is -2.43. The third kappa shape index (κ3) is 4.24. The summed E-state index contributed by atoms with van der Waals surface area (Å²) in [6.45, 7) is 1.89. The number of benzene rings is 2. The number of likely N-dealkylation sites (tertiary alicyclic amines) is 1. The van der Waals surface area contributed by atoms with Crippen LogP contribution < -0.4 is 11.0 Å². The molecule has 0 saturated carbocycles. The number of fused-ring (bicyclic) bond motifs is 1. The maximum absolute atomic E-state index is 12.9. The number of aromatic nitrogens is 3. The first kappa shape index (κ1) is 20.7. The zero-order valence-electron chi connectivity index (χ0n) is 17.6. The van der Waals surface area contributed by atoms with E-state index in [9.17, 15) is 9.59 Å². The molecule has 4 aromatic rings. The maximum Gasteiger partial charge on any atom is 0.326 e. The van der Waals surface area contributed by atoms with Gasteiger partial charge in [0.25, 0.3) is 0 Å². The molecule has 2 N–H and O–H groups in total. The summed E-state index contributed by atoms with van der Waals surface area (Å²) in [6, 6.07) is 17.6. The molecular formula is C24H25N5O2S. The lowest BCUT2D eigenvalue weighted by atomic mass is 10.0. The fourth-order valence-electron chi connectivity index (χ4n) is 4.49. The zero-order chi connectivity index (χ0) is 21.9. The van der Waals surface area contributed by atoms with Gasteiger partial charge >= 0.3 is 5.69 Å². The SMILES string of the molecule is O=C(CN1CCC(n2c(=O)[nH]c3ccccc32)CC1)NC(c1ccccc1)c1nccs1. The Labute approximate surface area is 189 Å². The van der Waals surface area contributed by atoms with Gasteiger partial charge in [0.15, 0.2) is 0 Å². The largest absolute Gasteiger partial charge is 0.342 e. The van der Waals surface area contributed by atoms with Gasteiger partial charge in [0, 0.05) is 30.7 Å². The summed E-state index contributed by atoms with van der Waals surface area (Å²) >= 11 is 1.54. The molecule has 32 heavy (non-hydrogen) atoms. The van der Waals surface area contributed by atoms with Crippen LogP contribution in [0.15, 0.2) is 71.0 Å². The van der Waals surface area contributed by atoms with E-state index in [0.717, 1.165) is 47.5 Å². The molecule has 1 unspecified atom stereocenters. The standard InChI is InChI=1S/C24H25N5O2S/c30-21(27-22(23-25-12-15-32-23)17-6-2-1-3-7-17)16-28-13-10-18(11-14-28)29-20-9-5-4-8-19(20)26-24(29)31/h1-9,12,15,18,22H,10-11,13-14,16H2,(H,26,31)(H,27,30). The highest BCUT2D eigenvalue weighted by Crippen LogP contribution is 2.26. The summed E-state index contributed by atoms with van der Waals surface area (Å²) in [5.41, 5.74) is 2.78. The predicted octanol–water partition coefficient (Wildman–Crippen LogP) is 3.33. The van der Waals surface area contributed by atoms with E-state index in [-0.39, 0.29) is 23.7 Å². The summed E-state index contributed by atoms with van der Waals surface area (Å²) < 4.78 is 1.88. The minimum Gasteiger partial charge on any atom is -0.342 e. The van der Waals surface area contributed by atoms with Crippen LogP contribution in [0.25, 0.3) is 11.0 Å². The molecule has 1 fully saturated rings. The normalized spacial score (nSPS) is 16.2. The first-order chi connectivity index (χ1) is 15.7. The number of rotatable bonds is 6. The van der Waals surface area contributed by atoms with Crippen molar-refractivity contribution in [3.8, 4) is 0 Å². The molecule has 3 heterocycles. The van der Waals surface area contributed by atoms with Gasteiger partial charge in [-0.15, -0.1) is 11.3 Å². The number of amides is 1. The Hall–Kier alpha value is -3.23. The van der Waals surface area contributed by atoms with Crippen LogP contribution in [-0.2, 0) is 4.79 Å². The minimum atomic E-state index is -0.244. The smallest absolute Gasteiger partial charge is 0.326 e. The molecular weight excluding hydrogens is 422 g/mol. The van der Waals surface area contributed by atoms with E-state index in [2.05, 4.69) is 20.2 Å². The van der Waals surface area contributed by atoms with Crippen molar-refractivity contribution in [3.63, 3.8) is 0 Å². The molecule has 2 aromatic heterocycles. The lowest BCUT2D eigenvalue weighted by molar-refractivity contribution is -0.123. The van der Waals surface area contributed by atoms with E-state index >= 15 is 0 Å². The van der Waals surface area contributed by atoms with Gasteiger partial charge in [-0.05, 0) is 30.5 Å². The van der Waals surface area contributed by atoms with E-state index < -0.39 is 0 Å². The van der Waals surface area contributed by atoms with Crippen LogP contribution in [-0.4, -0.2) is 45.0 Å². The molecule has 5 rings (SSSR count). The topological polar surface area (TPSA) is 83.0 Å². The summed E-state index contributed by atoms with van der Waals surface area (Å²) in [5, 5.41) is 5.96. The quantitative estimate of drug-likeness (QED) is 0.475. The molecule has 2 aromatic carbocycles. The molecule has 1 atom stereocenters. The summed E-state index contributed by atoms with van der Waals surface area (Å²) in [7, 11) is 0. The van der Waals surface area contributed by atoms with Gasteiger partial charge in [-0.1, -0.05) is 42.5 Å². The van der Waals surface area contributed by atoms with Crippen LogP contribution >= 0.6 is 11.3 Å². The maximum atomic E-state index is 12.9. The van der Waals surface area contributed by atoms with E-state index in [1.54, 1.807) is 17.5 Å². The highest BCUT2D eigenvalue weighted by Gasteiger charge is 2.26. The number of thiazole rings is 1. The van der Waals surface area contributed by atoms with Crippen LogP contribution in [0.5, 0.6) is 0 Å². The monoisotopic (exact) mass is 447 g/mol. The second kappa shape index (κ2) is 9.10. The molecule has 164 valence electrons. The van der Waals surface area contributed by atoms with Gasteiger partial charge in [0.1, 0.15) is 11.0 Å². The van der Waals surface area contributed by atoms with Gasteiger partial charge in [0.05, 0.1) is 17.6 Å². The number of hydrogen-bond acceptors (Lipinski definition) is 5. The Balaban J connectivity index is 1.22. The van der Waals surface area contributed by atoms with Crippen LogP contribution in [0.4, 0.5) is 0 Å². The van der Waals surface area contributed by atoms with Crippen molar-refractivity contribution in [3.05, 3.63) is 87.2 Å².